The van der Waals surface area contributed by atoms with Gasteiger partial charge in [0.2, 0.25) is 0 Å². The Morgan fingerprint density at radius 1 is 0.818 bits per heavy atom. The third kappa shape index (κ3) is 5.77. The van der Waals surface area contributed by atoms with Crippen molar-refractivity contribution in [2.24, 2.45) is 17.8 Å². The molecule has 2 aliphatic carbocycles. The van der Waals surface area contributed by atoms with Gasteiger partial charge in [0.1, 0.15) is 17.4 Å². The molecule has 0 radical (unpaired) electrons. The largest absolute Gasteiger partial charge is 0.493 e. The molecule has 0 N–H and O–H groups in total. The van der Waals surface area contributed by atoms with Gasteiger partial charge in [0.05, 0.1) is 17.6 Å². The summed E-state index contributed by atoms with van der Waals surface area (Å²) in [5.41, 5.74) is -1.11. The predicted octanol–water partition coefficient (Wildman–Crippen LogP) is 7.94. The minimum Gasteiger partial charge on any atom is -0.493 e. The molecule has 4 rings (SSSR count). The molecule has 0 spiro atoms. The Balaban J connectivity index is 1.43. The minimum absolute atomic E-state index is 0.126. The van der Waals surface area contributed by atoms with Gasteiger partial charge in [-0.05, 0) is 61.0 Å². The molecule has 0 aliphatic heterocycles. The molecule has 2 aromatic carbocycles. The topological polar surface area (TPSA) is 9.23 Å². The molecule has 1 nitrogen and oxygen atoms in total. The quantitative estimate of drug-likeness (QED) is 0.327. The van der Waals surface area contributed by atoms with Crippen molar-refractivity contribution in [1.82, 2.24) is 0 Å². The monoisotopic (exact) mass is 468 g/mol. The molecule has 0 atom stereocenters. The van der Waals surface area contributed by atoms with Gasteiger partial charge in [-0.25, -0.2) is 13.2 Å². The number of benzene rings is 2. The summed E-state index contributed by atoms with van der Waals surface area (Å²) < 4.78 is 86.0. The van der Waals surface area contributed by atoms with Gasteiger partial charge in [0.25, 0.3) is 0 Å². The van der Waals surface area contributed by atoms with E-state index in [9.17, 15) is 26.3 Å². The highest BCUT2D eigenvalue weighted by Gasteiger charge is 2.29. The van der Waals surface area contributed by atoms with E-state index in [1.165, 1.54) is 56.9 Å². The molecule has 2 aliphatic rings. The van der Waals surface area contributed by atoms with Crippen molar-refractivity contribution in [2.45, 2.75) is 64.0 Å². The van der Waals surface area contributed by atoms with Gasteiger partial charge >= 0.3 is 6.18 Å². The zero-order chi connectivity index (χ0) is 23.6. The number of hydrogen-bond acceptors (Lipinski definition) is 1. The van der Waals surface area contributed by atoms with Crippen LogP contribution in [0.3, 0.4) is 0 Å². The molecule has 0 aromatic heterocycles. The molecule has 33 heavy (non-hydrogen) atoms. The van der Waals surface area contributed by atoms with Crippen molar-refractivity contribution >= 4 is 10.8 Å². The summed E-state index contributed by atoms with van der Waals surface area (Å²) in [4.78, 5) is 0. The van der Waals surface area contributed by atoms with E-state index in [1.54, 1.807) is 0 Å². The maximum Gasteiger partial charge on any atom is 0.458 e. The van der Waals surface area contributed by atoms with Crippen LogP contribution in [0, 0.1) is 47.0 Å². The summed E-state index contributed by atoms with van der Waals surface area (Å²) in [6, 6.07) is 3.07. The van der Waals surface area contributed by atoms with Crippen LogP contribution < -0.4 is 4.74 Å². The van der Waals surface area contributed by atoms with Gasteiger partial charge in [-0.2, -0.15) is 13.2 Å². The second-order valence-corrected chi connectivity index (χ2v) is 9.29. The highest BCUT2D eigenvalue weighted by Crippen LogP contribution is 2.40. The lowest BCUT2D eigenvalue weighted by Crippen LogP contribution is -2.26. The Bertz CT molecular complexity index is 1050. The second-order valence-electron chi connectivity index (χ2n) is 9.29. The molecular formula is C26H26F6O. The van der Waals surface area contributed by atoms with Crippen LogP contribution in [-0.4, -0.2) is 12.8 Å². The van der Waals surface area contributed by atoms with Crippen LogP contribution in [0.4, 0.5) is 26.3 Å². The first-order chi connectivity index (χ1) is 15.7. The van der Waals surface area contributed by atoms with Crippen molar-refractivity contribution in [2.75, 3.05) is 6.61 Å². The lowest BCUT2D eigenvalue weighted by atomic mass is 9.71. The lowest BCUT2D eigenvalue weighted by Gasteiger charge is -2.35. The molecule has 0 heterocycles. The van der Waals surface area contributed by atoms with Crippen LogP contribution in [0.2, 0.25) is 0 Å². The maximum atomic E-state index is 14.6. The predicted molar refractivity (Wildman–Crippen MR) is 114 cm³/mol. The molecule has 178 valence electrons. The van der Waals surface area contributed by atoms with E-state index in [2.05, 4.69) is 0 Å². The number of alkyl halides is 3. The molecule has 0 saturated heterocycles. The Kier molecular flexibility index (Phi) is 7.11. The van der Waals surface area contributed by atoms with E-state index in [-0.39, 0.29) is 11.1 Å². The van der Waals surface area contributed by atoms with Gasteiger partial charge in [-0.15, -0.1) is 0 Å². The normalized spacial score (nSPS) is 22.1. The zero-order valence-electron chi connectivity index (χ0n) is 18.2. The zero-order valence-corrected chi connectivity index (χ0v) is 18.2. The number of hydrogen-bond donors (Lipinski definition) is 0. The minimum atomic E-state index is -4.92. The summed E-state index contributed by atoms with van der Waals surface area (Å²) in [6.07, 6.45) is 6.18. The molecule has 0 unspecified atom stereocenters. The van der Waals surface area contributed by atoms with Crippen molar-refractivity contribution in [3.63, 3.8) is 0 Å². The molecule has 2 aromatic rings. The van der Waals surface area contributed by atoms with Crippen LogP contribution in [0.25, 0.3) is 10.8 Å². The van der Waals surface area contributed by atoms with E-state index in [0.29, 0.717) is 12.5 Å². The van der Waals surface area contributed by atoms with Crippen molar-refractivity contribution in [3.05, 3.63) is 41.2 Å². The highest BCUT2D eigenvalue weighted by atomic mass is 19.4. The van der Waals surface area contributed by atoms with Crippen molar-refractivity contribution in [1.29, 1.82) is 0 Å². The Morgan fingerprint density at radius 2 is 1.48 bits per heavy atom. The summed E-state index contributed by atoms with van der Waals surface area (Å²) in [5.74, 6) is 0.582. The van der Waals surface area contributed by atoms with Gasteiger partial charge in [0.15, 0.2) is 5.82 Å². The van der Waals surface area contributed by atoms with Gasteiger partial charge in [-0.1, -0.05) is 38.0 Å². The molecule has 2 fully saturated rings. The van der Waals surface area contributed by atoms with Crippen LogP contribution >= 0.6 is 0 Å². The standard InChI is InChI=1S/C26H26F6O/c27-22-13-19-12-20(14-23(28)24(19)25(29)21(22)10-11-26(30,31)32)33-15-16-6-8-18(9-7-16)17-4-2-1-3-5-17/h12-14,16-18H,1-9,15H2. The SMILES string of the molecule is Fc1cc2cc(OCC3CCC(C4CCCCC4)CC3)cc(F)c2c(F)c1C#CC(F)(F)F. The first kappa shape index (κ1) is 23.8. The fourth-order valence-electron chi connectivity index (χ4n) is 5.36. The van der Waals surface area contributed by atoms with Gasteiger partial charge in [-0.3, -0.25) is 0 Å². The smallest absolute Gasteiger partial charge is 0.458 e. The Morgan fingerprint density at radius 3 is 2.15 bits per heavy atom. The van der Waals surface area contributed by atoms with E-state index in [1.807, 2.05) is 0 Å². The van der Waals surface area contributed by atoms with Crippen LogP contribution in [0.5, 0.6) is 5.75 Å². The van der Waals surface area contributed by atoms with E-state index >= 15 is 0 Å². The molecular weight excluding hydrogens is 442 g/mol. The third-order valence-electron chi connectivity index (χ3n) is 7.08. The number of fused-ring (bicyclic) bond motifs is 1. The van der Waals surface area contributed by atoms with Gasteiger partial charge in [0, 0.05) is 12.0 Å². The molecule has 2 saturated carbocycles. The van der Waals surface area contributed by atoms with Crippen molar-refractivity contribution < 1.29 is 31.1 Å². The average molecular weight is 468 g/mol. The van der Waals surface area contributed by atoms with Crippen LogP contribution in [-0.2, 0) is 0 Å². The Labute approximate surface area is 189 Å². The molecule has 0 bridgehead atoms. The summed E-state index contributed by atoms with van der Waals surface area (Å²) in [5, 5.41) is -0.734. The second kappa shape index (κ2) is 9.87. The fraction of sp³-hybridized carbons (Fsp3) is 0.538. The van der Waals surface area contributed by atoms with E-state index in [0.717, 1.165) is 42.7 Å². The average Bonchev–Trinajstić information content (AvgIpc) is 2.77. The third-order valence-corrected chi connectivity index (χ3v) is 7.08. The first-order valence-electron chi connectivity index (χ1n) is 11.5. The number of halogens is 6. The molecule has 0 amide bonds. The molecule has 7 heteroatoms. The highest BCUT2D eigenvalue weighted by molar-refractivity contribution is 5.86. The maximum absolute atomic E-state index is 14.6. The lowest BCUT2D eigenvalue weighted by molar-refractivity contribution is -0.0696. The number of rotatable bonds is 4. The van der Waals surface area contributed by atoms with E-state index < -0.39 is 34.6 Å². The Hall–Kier alpha value is -2.36. The van der Waals surface area contributed by atoms with E-state index in [4.69, 9.17) is 4.74 Å². The first-order valence-corrected chi connectivity index (χ1v) is 11.5. The summed E-state index contributed by atoms with van der Waals surface area (Å²) in [7, 11) is 0. The summed E-state index contributed by atoms with van der Waals surface area (Å²) >= 11 is 0. The van der Waals surface area contributed by atoms with Gasteiger partial charge < -0.3 is 4.74 Å². The van der Waals surface area contributed by atoms with Crippen molar-refractivity contribution in [3.8, 4) is 17.6 Å². The summed E-state index contributed by atoms with van der Waals surface area (Å²) in [6.45, 7) is 0.391. The van der Waals surface area contributed by atoms with Crippen LogP contribution in [0.15, 0.2) is 18.2 Å². The fourth-order valence-corrected chi connectivity index (χ4v) is 5.36. The number of ether oxygens (including phenoxy) is 1. The van der Waals surface area contributed by atoms with Crippen LogP contribution in [0.1, 0.15) is 63.4 Å².